The van der Waals surface area contributed by atoms with Crippen LogP contribution in [0, 0.1) is 62.6 Å². The molecule has 9 atom stereocenters. The van der Waals surface area contributed by atoms with E-state index < -0.39 is 0 Å². The molecule has 1 aromatic rings. The minimum Gasteiger partial charge on any atom is -0.428 e. The van der Waals surface area contributed by atoms with Crippen molar-refractivity contribution in [2.75, 3.05) is 0 Å². The maximum absolute atomic E-state index is 13.3. The lowest BCUT2D eigenvalue weighted by Crippen LogP contribution is -2.65. The third-order valence-electron chi connectivity index (χ3n) is 14.6. The van der Waals surface area contributed by atoms with Gasteiger partial charge in [-0.15, -0.1) is 0 Å². The molecule has 0 amide bonds. The first-order chi connectivity index (χ1) is 19.3. The number of ether oxygens (including phenoxy) is 1. The van der Waals surface area contributed by atoms with E-state index in [2.05, 4.69) is 61.5 Å². The van der Waals surface area contributed by atoms with Crippen LogP contribution < -0.4 is 0 Å². The van der Waals surface area contributed by atoms with Gasteiger partial charge in [0.05, 0.1) is 0 Å². The summed E-state index contributed by atoms with van der Waals surface area (Å²) in [6.07, 6.45) is 17.6. The first kappa shape index (κ1) is 29.3. The Kier molecular flexibility index (Phi) is 7.03. The van der Waals surface area contributed by atoms with Crippen molar-refractivity contribution in [3.8, 4) is 0 Å². The van der Waals surface area contributed by atoms with Crippen LogP contribution in [0.5, 0.6) is 0 Å². The lowest BCUT2D eigenvalue weighted by atomic mass is 9.33. The number of rotatable bonds is 4. The zero-order valence-corrected chi connectivity index (χ0v) is 27.3. The molecule has 5 aliphatic carbocycles. The Bertz CT molecular complexity index is 1220. The average molecular weight is 557 g/mol. The minimum atomic E-state index is -0.230. The number of allylic oxidation sites excluding steroid dienone is 2. The topological polar surface area (TPSA) is 26.3 Å². The Morgan fingerprint density at radius 1 is 0.854 bits per heavy atom. The van der Waals surface area contributed by atoms with Gasteiger partial charge in [-0.3, -0.25) is 0 Å². The number of benzene rings is 1. The number of carbonyl (C=O) groups excluding carboxylic acids is 1. The van der Waals surface area contributed by atoms with Gasteiger partial charge in [-0.05, 0) is 133 Å². The van der Waals surface area contributed by atoms with Gasteiger partial charge >= 0.3 is 5.97 Å². The van der Waals surface area contributed by atoms with Gasteiger partial charge < -0.3 is 4.74 Å². The third-order valence-corrected chi connectivity index (χ3v) is 14.6. The molecular weight excluding hydrogens is 500 g/mol. The Balaban J connectivity index is 1.35. The average Bonchev–Trinajstić information content (AvgIpc) is 3.28. The molecule has 0 heterocycles. The van der Waals surface area contributed by atoms with E-state index in [9.17, 15) is 4.79 Å². The molecule has 224 valence electrons. The molecule has 1 aromatic carbocycles. The third kappa shape index (κ3) is 4.27. The predicted octanol–water partition coefficient (Wildman–Crippen LogP) is 10.5. The fourth-order valence-corrected chi connectivity index (χ4v) is 12.3. The largest absolute Gasteiger partial charge is 0.428 e. The van der Waals surface area contributed by atoms with E-state index in [-0.39, 0.29) is 22.2 Å². The fourth-order valence-electron chi connectivity index (χ4n) is 12.3. The van der Waals surface area contributed by atoms with Crippen LogP contribution in [0.4, 0.5) is 0 Å². The molecule has 6 rings (SSSR count). The molecule has 0 aliphatic heterocycles. The molecule has 0 N–H and O–H groups in total. The molecular formula is C39H56O2. The molecule has 0 saturated heterocycles. The van der Waals surface area contributed by atoms with E-state index in [0.29, 0.717) is 22.7 Å². The molecule has 0 bridgehead atoms. The molecule has 2 heteroatoms. The summed E-state index contributed by atoms with van der Waals surface area (Å²) >= 11 is 0. The normalized spacial score (nSPS) is 44.9. The maximum Gasteiger partial charge on any atom is 0.335 e. The number of carbonyl (C=O) groups is 1. The number of hydrogen-bond donors (Lipinski definition) is 0. The summed E-state index contributed by atoms with van der Waals surface area (Å²) in [4.78, 5) is 13.3. The molecule has 4 saturated carbocycles. The number of esters is 1. The van der Waals surface area contributed by atoms with Gasteiger partial charge in [0.1, 0.15) is 5.76 Å². The van der Waals surface area contributed by atoms with Crippen LogP contribution in [-0.2, 0) is 9.53 Å². The van der Waals surface area contributed by atoms with E-state index in [1.165, 1.54) is 51.4 Å². The summed E-state index contributed by atoms with van der Waals surface area (Å²) in [7, 11) is 0. The van der Waals surface area contributed by atoms with Crippen molar-refractivity contribution in [3.05, 3.63) is 53.8 Å². The van der Waals surface area contributed by atoms with E-state index in [1.54, 1.807) is 6.08 Å². The van der Waals surface area contributed by atoms with Gasteiger partial charge in [0.2, 0.25) is 0 Å². The lowest BCUT2D eigenvalue weighted by molar-refractivity contribution is -0.229. The van der Waals surface area contributed by atoms with Crippen molar-refractivity contribution in [1.82, 2.24) is 0 Å². The highest BCUT2D eigenvalue weighted by Crippen LogP contribution is 2.77. The highest BCUT2D eigenvalue weighted by atomic mass is 16.5. The Morgan fingerprint density at radius 2 is 1.59 bits per heavy atom. The monoisotopic (exact) mass is 556 g/mol. The van der Waals surface area contributed by atoms with Crippen molar-refractivity contribution in [1.29, 1.82) is 0 Å². The highest BCUT2D eigenvalue weighted by molar-refractivity contribution is 5.87. The smallest absolute Gasteiger partial charge is 0.335 e. The van der Waals surface area contributed by atoms with Crippen molar-refractivity contribution in [3.63, 3.8) is 0 Å². The molecule has 0 unspecified atom stereocenters. The Hall–Kier alpha value is -1.83. The predicted molar refractivity (Wildman–Crippen MR) is 170 cm³/mol. The van der Waals surface area contributed by atoms with Gasteiger partial charge in [-0.2, -0.15) is 0 Å². The fraction of sp³-hybridized carbons (Fsp3) is 0.718. The highest BCUT2D eigenvalue weighted by Gasteiger charge is 2.70. The quantitative estimate of drug-likeness (QED) is 0.272. The minimum absolute atomic E-state index is 0.118. The molecule has 4 fully saturated rings. The van der Waals surface area contributed by atoms with Gasteiger partial charge in [-0.1, -0.05) is 85.7 Å². The van der Waals surface area contributed by atoms with E-state index >= 15 is 0 Å². The summed E-state index contributed by atoms with van der Waals surface area (Å²) in [5.41, 5.74) is 2.25. The zero-order valence-electron chi connectivity index (χ0n) is 27.3. The van der Waals surface area contributed by atoms with E-state index in [1.807, 2.05) is 36.4 Å². The van der Waals surface area contributed by atoms with E-state index in [4.69, 9.17) is 4.74 Å². The maximum atomic E-state index is 13.3. The van der Waals surface area contributed by atoms with Crippen molar-refractivity contribution < 1.29 is 9.53 Å². The van der Waals surface area contributed by atoms with Gasteiger partial charge in [0.15, 0.2) is 0 Å². The van der Waals surface area contributed by atoms with Crippen molar-refractivity contribution in [2.45, 2.75) is 113 Å². The SMILES string of the molecule is CC(C)[C@@H]1CC[C@]2(C)CC[C@]3(C)[C@H](CC[C@@H]4[C@@]5(C)C(OC(=O)/C=C/c6ccccc6)=CCC(C)(C)[C@@H]5CC[C@]43C)[C@@H]12. The van der Waals surface area contributed by atoms with Gasteiger partial charge in [0.25, 0.3) is 0 Å². The summed E-state index contributed by atoms with van der Waals surface area (Å²) < 4.78 is 6.41. The first-order valence-corrected chi connectivity index (χ1v) is 16.9. The van der Waals surface area contributed by atoms with Crippen molar-refractivity contribution >= 4 is 12.0 Å². The first-order valence-electron chi connectivity index (χ1n) is 16.9. The second-order valence-electron chi connectivity index (χ2n) is 17.0. The van der Waals surface area contributed by atoms with Gasteiger partial charge in [0, 0.05) is 11.5 Å². The van der Waals surface area contributed by atoms with Crippen molar-refractivity contribution in [2.24, 2.45) is 62.6 Å². The van der Waals surface area contributed by atoms with Crippen LogP contribution >= 0.6 is 0 Å². The standard InChI is InChI=1S/C39H56O2/c1-26(2)28-18-22-36(5)24-25-37(6)29(34(28)36)15-16-31-38(37,7)23-19-30-35(3,4)21-20-32(39(30,31)8)41-33(40)17-14-27-12-10-9-11-13-27/h9-14,17,20,26,28-31,34H,15-16,18-19,21-25H2,1-8H3/b17-14+/t28-,29+,30-,31-,34+,36+,37+,38+,39-/m0/s1. The van der Waals surface area contributed by atoms with Crippen LogP contribution in [0.3, 0.4) is 0 Å². The second-order valence-corrected chi connectivity index (χ2v) is 17.0. The van der Waals surface area contributed by atoms with Crippen LogP contribution in [-0.4, -0.2) is 5.97 Å². The molecule has 0 radical (unpaired) electrons. The summed E-state index contributed by atoms with van der Waals surface area (Å²) in [6.45, 7) is 20.5. The molecule has 2 nitrogen and oxygen atoms in total. The molecule has 0 aromatic heterocycles. The number of fused-ring (bicyclic) bond motifs is 7. The van der Waals surface area contributed by atoms with Gasteiger partial charge in [-0.25, -0.2) is 4.79 Å². The van der Waals surface area contributed by atoms with Crippen LogP contribution in [0.1, 0.15) is 119 Å². The zero-order chi connectivity index (χ0) is 29.4. The molecule has 41 heavy (non-hydrogen) atoms. The Labute approximate surface area is 250 Å². The molecule has 5 aliphatic rings. The molecule has 0 spiro atoms. The summed E-state index contributed by atoms with van der Waals surface area (Å²) in [5.74, 6) is 5.15. The number of hydrogen-bond acceptors (Lipinski definition) is 2. The van der Waals surface area contributed by atoms with E-state index in [0.717, 1.165) is 41.4 Å². The lowest BCUT2D eigenvalue weighted by Gasteiger charge is -2.72. The van der Waals surface area contributed by atoms with Crippen LogP contribution in [0.15, 0.2) is 48.2 Å². The second kappa shape index (κ2) is 9.85. The summed E-state index contributed by atoms with van der Waals surface area (Å²) in [6, 6.07) is 10.1. The van der Waals surface area contributed by atoms with Crippen LogP contribution in [0.25, 0.3) is 6.08 Å². The van der Waals surface area contributed by atoms with Crippen LogP contribution in [0.2, 0.25) is 0 Å². The Morgan fingerprint density at radius 3 is 2.29 bits per heavy atom. The summed E-state index contributed by atoms with van der Waals surface area (Å²) in [5, 5.41) is 0.